The van der Waals surface area contributed by atoms with E-state index in [1.54, 1.807) is 21.6 Å². The van der Waals surface area contributed by atoms with E-state index in [0.29, 0.717) is 5.82 Å². The van der Waals surface area contributed by atoms with Gasteiger partial charge in [0.25, 0.3) is 0 Å². The van der Waals surface area contributed by atoms with Gasteiger partial charge in [-0.1, -0.05) is 43.6 Å². The standard InChI is InChI=1S/C18H15BrN4OS2/c19-11-2-1-3-12(8-11)22-17-14-9-13(4-5-15(14)20-10-21-17)23-18(24)16-6-7-25-26-16/h1-5,8-10,16H,6-7H2,(H,23,24)(H,20,21,22). The lowest BCUT2D eigenvalue weighted by Crippen LogP contribution is -2.23. The molecule has 0 radical (unpaired) electrons. The summed E-state index contributed by atoms with van der Waals surface area (Å²) in [5, 5.41) is 7.21. The third-order valence-electron chi connectivity index (χ3n) is 3.93. The van der Waals surface area contributed by atoms with Crippen LogP contribution in [0.5, 0.6) is 0 Å². The molecule has 3 aromatic rings. The molecule has 26 heavy (non-hydrogen) atoms. The molecular formula is C18H15BrN4OS2. The van der Waals surface area contributed by atoms with Gasteiger partial charge in [0.05, 0.1) is 10.8 Å². The van der Waals surface area contributed by atoms with Crippen molar-refractivity contribution in [1.82, 2.24) is 9.97 Å². The van der Waals surface area contributed by atoms with Crippen LogP contribution in [-0.4, -0.2) is 26.9 Å². The fourth-order valence-electron chi connectivity index (χ4n) is 2.67. The monoisotopic (exact) mass is 446 g/mol. The minimum absolute atomic E-state index is 0.0157. The fraction of sp³-hybridized carbons (Fsp3) is 0.167. The molecule has 8 heteroatoms. The first-order valence-electron chi connectivity index (χ1n) is 8.05. The predicted molar refractivity (Wildman–Crippen MR) is 114 cm³/mol. The Morgan fingerprint density at radius 2 is 2.08 bits per heavy atom. The minimum Gasteiger partial charge on any atom is -0.340 e. The van der Waals surface area contributed by atoms with E-state index in [-0.39, 0.29) is 11.2 Å². The highest BCUT2D eigenvalue weighted by atomic mass is 79.9. The molecule has 0 saturated carbocycles. The minimum atomic E-state index is 0.0157. The molecule has 2 aromatic carbocycles. The van der Waals surface area contributed by atoms with Crippen LogP contribution in [0.15, 0.2) is 53.3 Å². The van der Waals surface area contributed by atoms with E-state index in [9.17, 15) is 4.79 Å². The highest BCUT2D eigenvalue weighted by Gasteiger charge is 2.24. The van der Waals surface area contributed by atoms with Crippen LogP contribution in [0.4, 0.5) is 17.2 Å². The smallest absolute Gasteiger partial charge is 0.238 e. The van der Waals surface area contributed by atoms with Crippen molar-refractivity contribution in [3.8, 4) is 0 Å². The van der Waals surface area contributed by atoms with Crippen LogP contribution in [0.2, 0.25) is 0 Å². The summed E-state index contributed by atoms with van der Waals surface area (Å²) in [6.07, 6.45) is 2.45. The van der Waals surface area contributed by atoms with Crippen LogP contribution < -0.4 is 10.6 Å². The van der Waals surface area contributed by atoms with Crippen LogP contribution in [0.1, 0.15) is 6.42 Å². The SMILES string of the molecule is O=C(Nc1ccc2ncnc(Nc3cccc(Br)c3)c2c1)C1CCSS1. The van der Waals surface area contributed by atoms with Gasteiger partial charge in [0.15, 0.2) is 0 Å². The highest BCUT2D eigenvalue weighted by Crippen LogP contribution is 2.38. The zero-order chi connectivity index (χ0) is 17.9. The number of nitrogens with one attached hydrogen (secondary N) is 2. The summed E-state index contributed by atoms with van der Waals surface area (Å²) >= 11 is 3.47. The molecule has 1 aromatic heterocycles. The number of hydrogen-bond acceptors (Lipinski definition) is 6. The number of nitrogens with zero attached hydrogens (tertiary/aromatic N) is 2. The summed E-state index contributed by atoms with van der Waals surface area (Å²) < 4.78 is 0.987. The summed E-state index contributed by atoms with van der Waals surface area (Å²) in [5.74, 6) is 1.78. The molecule has 1 aliphatic rings. The van der Waals surface area contributed by atoms with E-state index in [1.165, 1.54) is 6.33 Å². The number of benzene rings is 2. The fourth-order valence-corrected chi connectivity index (χ4v) is 5.79. The average Bonchev–Trinajstić information content (AvgIpc) is 3.17. The van der Waals surface area contributed by atoms with Crippen LogP contribution in [0, 0.1) is 0 Å². The Morgan fingerprint density at radius 3 is 2.88 bits per heavy atom. The van der Waals surface area contributed by atoms with Gasteiger partial charge in [0, 0.05) is 27.0 Å². The van der Waals surface area contributed by atoms with Gasteiger partial charge in [-0.3, -0.25) is 4.79 Å². The van der Waals surface area contributed by atoms with Crippen molar-refractivity contribution in [2.45, 2.75) is 11.7 Å². The third-order valence-corrected chi connectivity index (χ3v) is 7.25. The van der Waals surface area contributed by atoms with Crippen LogP contribution in [-0.2, 0) is 4.79 Å². The van der Waals surface area contributed by atoms with Crippen molar-refractivity contribution in [2.24, 2.45) is 0 Å². The Kier molecular flexibility index (Phi) is 5.33. The first kappa shape index (κ1) is 17.6. The van der Waals surface area contributed by atoms with E-state index >= 15 is 0 Å². The number of fused-ring (bicyclic) bond motifs is 1. The van der Waals surface area contributed by atoms with Gasteiger partial charge in [0.1, 0.15) is 12.1 Å². The predicted octanol–water partition coefficient (Wildman–Crippen LogP) is 5.23. The summed E-state index contributed by atoms with van der Waals surface area (Å²) in [6.45, 7) is 0. The second-order valence-electron chi connectivity index (χ2n) is 5.77. The molecule has 1 fully saturated rings. The zero-order valence-electron chi connectivity index (χ0n) is 13.6. The number of anilines is 3. The summed E-state index contributed by atoms with van der Waals surface area (Å²) in [5.41, 5.74) is 2.50. The molecule has 5 nitrogen and oxygen atoms in total. The maximum absolute atomic E-state index is 12.4. The van der Waals surface area contributed by atoms with E-state index in [1.807, 2.05) is 42.5 Å². The van der Waals surface area contributed by atoms with Crippen molar-refractivity contribution in [3.63, 3.8) is 0 Å². The van der Waals surface area contributed by atoms with Gasteiger partial charge < -0.3 is 10.6 Å². The molecule has 0 aliphatic carbocycles. The van der Waals surface area contributed by atoms with Crippen molar-refractivity contribution in [1.29, 1.82) is 0 Å². The molecule has 1 aliphatic heterocycles. The second kappa shape index (κ2) is 7.85. The number of hydrogen-bond donors (Lipinski definition) is 2. The van der Waals surface area contributed by atoms with E-state index in [2.05, 4.69) is 36.5 Å². The van der Waals surface area contributed by atoms with Gasteiger partial charge in [-0.25, -0.2) is 9.97 Å². The Balaban J connectivity index is 1.62. The molecule has 0 bridgehead atoms. The van der Waals surface area contributed by atoms with Crippen molar-refractivity contribution in [3.05, 3.63) is 53.3 Å². The van der Waals surface area contributed by atoms with Crippen LogP contribution in [0.25, 0.3) is 10.9 Å². The molecule has 132 valence electrons. The lowest BCUT2D eigenvalue weighted by atomic mass is 10.2. The van der Waals surface area contributed by atoms with E-state index < -0.39 is 0 Å². The molecule has 1 unspecified atom stereocenters. The Bertz CT molecular complexity index is 963. The Hall–Kier alpha value is -1.77. The van der Waals surface area contributed by atoms with Gasteiger partial charge in [0.2, 0.25) is 5.91 Å². The van der Waals surface area contributed by atoms with E-state index in [0.717, 1.165) is 38.9 Å². The highest BCUT2D eigenvalue weighted by molar-refractivity contribution is 9.10. The zero-order valence-corrected chi connectivity index (χ0v) is 16.8. The number of rotatable bonds is 4. The maximum Gasteiger partial charge on any atom is 0.238 e. The largest absolute Gasteiger partial charge is 0.340 e. The summed E-state index contributed by atoms with van der Waals surface area (Å²) in [7, 11) is 3.39. The molecule has 4 rings (SSSR count). The third kappa shape index (κ3) is 3.97. The molecule has 0 spiro atoms. The first-order valence-corrected chi connectivity index (χ1v) is 11.2. The number of amides is 1. The van der Waals surface area contributed by atoms with E-state index in [4.69, 9.17) is 0 Å². The molecule has 1 amide bonds. The average molecular weight is 447 g/mol. The molecule has 2 heterocycles. The molecule has 1 atom stereocenters. The molecule has 2 N–H and O–H groups in total. The Labute approximate surface area is 167 Å². The lowest BCUT2D eigenvalue weighted by molar-refractivity contribution is -0.115. The quantitative estimate of drug-likeness (QED) is 0.534. The molecule has 1 saturated heterocycles. The number of carbonyl (C=O) groups excluding carboxylic acids is 1. The van der Waals surface area contributed by atoms with Crippen LogP contribution in [0.3, 0.4) is 0 Å². The molecular weight excluding hydrogens is 432 g/mol. The number of carbonyl (C=O) groups is 1. The maximum atomic E-state index is 12.4. The van der Waals surface area contributed by atoms with Gasteiger partial charge >= 0.3 is 0 Å². The number of aromatic nitrogens is 2. The van der Waals surface area contributed by atoms with Gasteiger partial charge in [-0.2, -0.15) is 0 Å². The summed E-state index contributed by atoms with van der Waals surface area (Å²) in [4.78, 5) is 21.1. The second-order valence-corrected chi connectivity index (χ2v) is 9.38. The van der Waals surface area contributed by atoms with Gasteiger partial charge in [-0.15, -0.1) is 0 Å². The first-order chi connectivity index (χ1) is 12.7. The van der Waals surface area contributed by atoms with Crippen molar-refractivity contribution in [2.75, 3.05) is 16.4 Å². The Morgan fingerprint density at radius 1 is 1.15 bits per heavy atom. The van der Waals surface area contributed by atoms with Crippen molar-refractivity contribution >= 4 is 71.5 Å². The van der Waals surface area contributed by atoms with Crippen LogP contribution >= 0.6 is 37.5 Å². The van der Waals surface area contributed by atoms with Crippen molar-refractivity contribution < 1.29 is 4.79 Å². The normalized spacial score (nSPS) is 16.6. The van der Waals surface area contributed by atoms with Gasteiger partial charge in [-0.05, 0) is 42.8 Å². The summed E-state index contributed by atoms with van der Waals surface area (Å²) in [6, 6.07) is 13.6. The topological polar surface area (TPSA) is 66.9 Å². The lowest BCUT2D eigenvalue weighted by Gasteiger charge is -2.12. The number of halogens is 1.